The van der Waals surface area contributed by atoms with Crippen LogP contribution in [-0.4, -0.2) is 49.0 Å². The molecule has 20 heavy (non-hydrogen) atoms. The van der Waals surface area contributed by atoms with Crippen LogP contribution in [0.3, 0.4) is 0 Å². The van der Waals surface area contributed by atoms with Gasteiger partial charge in [-0.1, -0.05) is 13.8 Å². The Morgan fingerprint density at radius 1 is 1.35 bits per heavy atom. The van der Waals surface area contributed by atoms with E-state index in [2.05, 4.69) is 17.6 Å². The molecule has 3 N–H and O–H groups in total. The first-order valence-corrected chi connectivity index (χ1v) is 7.85. The van der Waals surface area contributed by atoms with E-state index in [4.69, 9.17) is 4.74 Å². The molecule has 5 nitrogen and oxygen atoms in total. The average molecular weight is 284 g/mol. The van der Waals surface area contributed by atoms with Crippen molar-refractivity contribution in [1.29, 1.82) is 0 Å². The molecule has 1 aliphatic heterocycles. The molecule has 0 aromatic heterocycles. The van der Waals surface area contributed by atoms with E-state index in [1.165, 1.54) is 0 Å². The van der Waals surface area contributed by atoms with Crippen LogP contribution in [0.5, 0.6) is 0 Å². The number of hydrogen-bond acceptors (Lipinski definition) is 4. The summed E-state index contributed by atoms with van der Waals surface area (Å²) in [5.41, 5.74) is -0.713. The predicted octanol–water partition coefficient (Wildman–Crippen LogP) is 0.668. The first-order valence-electron chi connectivity index (χ1n) is 7.85. The van der Waals surface area contributed by atoms with Crippen LogP contribution in [-0.2, 0) is 9.53 Å². The summed E-state index contributed by atoms with van der Waals surface area (Å²) in [5.74, 6) is 0.550. The molecule has 5 heteroatoms. The third kappa shape index (κ3) is 3.93. The van der Waals surface area contributed by atoms with E-state index in [9.17, 15) is 9.90 Å². The number of rotatable bonds is 5. The van der Waals surface area contributed by atoms with Crippen molar-refractivity contribution >= 4 is 5.91 Å². The van der Waals surface area contributed by atoms with E-state index in [1.54, 1.807) is 0 Å². The Kier molecular flexibility index (Phi) is 5.41. The van der Waals surface area contributed by atoms with Gasteiger partial charge in [-0.05, 0) is 38.1 Å². The lowest BCUT2D eigenvalue weighted by molar-refractivity contribution is -0.127. The van der Waals surface area contributed by atoms with Gasteiger partial charge in [0.2, 0.25) is 5.91 Å². The highest BCUT2D eigenvalue weighted by molar-refractivity contribution is 5.80. The van der Waals surface area contributed by atoms with Crippen molar-refractivity contribution in [2.75, 3.05) is 26.3 Å². The van der Waals surface area contributed by atoms with Gasteiger partial charge in [0.15, 0.2) is 0 Å². The molecule has 1 saturated carbocycles. The number of hydrogen-bond donors (Lipinski definition) is 3. The molecule has 2 unspecified atom stereocenters. The van der Waals surface area contributed by atoms with Gasteiger partial charge in [0.05, 0.1) is 24.7 Å². The lowest BCUT2D eigenvalue weighted by Crippen LogP contribution is -2.49. The van der Waals surface area contributed by atoms with E-state index in [-0.39, 0.29) is 17.9 Å². The number of nitrogens with one attached hydrogen (secondary N) is 2. The van der Waals surface area contributed by atoms with Crippen LogP contribution in [0.1, 0.15) is 39.5 Å². The van der Waals surface area contributed by atoms with Crippen molar-refractivity contribution in [3.63, 3.8) is 0 Å². The summed E-state index contributed by atoms with van der Waals surface area (Å²) in [6, 6.07) is 0.0982. The summed E-state index contributed by atoms with van der Waals surface area (Å²) >= 11 is 0. The van der Waals surface area contributed by atoms with Crippen LogP contribution in [0.25, 0.3) is 0 Å². The van der Waals surface area contributed by atoms with Crippen LogP contribution in [0.2, 0.25) is 0 Å². The zero-order valence-corrected chi connectivity index (χ0v) is 12.7. The highest BCUT2D eigenvalue weighted by atomic mass is 16.5. The second-order valence-electron chi connectivity index (χ2n) is 6.43. The fraction of sp³-hybridized carbons (Fsp3) is 0.933. The van der Waals surface area contributed by atoms with Crippen LogP contribution < -0.4 is 10.6 Å². The monoisotopic (exact) mass is 284 g/mol. The maximum Gasteiger partial charge on any atom is 0.227 e. The Balaban J connectivity index is 1.79. The lowest BCUT2D eigenvalue weighted by Gasteiger charge is -2.35. The molecular weight excluding hydrogens is 256 g/mol. The molecule has 116 valence electrons. The molecule has 0 bridgehead atoms. The summed E-state index contributed by atoms with van der Waals surface area (Å²) < 4.78 is 5.39. The van der Waals surface area contributed by atoms with Crippen molar-refractivity contribution in [3.8, 4) is 0 Å². The maximum atomic E-state index is 12.2. The second kappa shape index (κ2) is 6.87. The summed E-state index contributed by atoms with van der Waals surface area (Å²) in [6.07, 6.45) is 3.65. The largest absolute Gasteiger partial charge is 0.388 e. The standard InChI is InChI=1S/C15H28N2O3/c1-3-16-13-9-20-8-12(13)14(18)17-10-15(19)6-4-11(2)5-7-15/h11-13,16,19H,3-10H2,1-2H3,(H,17,18). The van der Waals surface area contributed by atoms with Gasteiger partial charge in [-0.15, -0.1) is 0 Å². The highest BCUT2D eigenvalue weighted by Crippen LogP contribution is 2.31. The van der Waals surface area contributed by atoms with Crippen molar-refractivity contribution in [2.24, 2.45) is 11.8 Å². The van der Waals surface area contributed by atoms with Crippen LogP contribution in [0, 0.1) is 11.8 Å². The fourth-order valence-electron chi connectivity index (χ4n) is 3.14. The molecular formula is C15H28N2O3. The molecule has 2 aliphatic rings. The topological polar surface area (TPSA) is 70.6 Å². The lowest BCUT2D eigenvalue weighted by atomic mass is 9.79. The van der Waals surface area contributed by atoms with Gasteiger partial charge in [-0.25, -0.2) is 0 Å². The SMILES string of the molecule is CCNC1COCC1C(=O)NCC1(O)CCC(C)CC1. The summed E-state index contributed by atoms with van der Waals surface area (Å²) in [7, 11) is 0. The maximum absolute atomic E-state index is 12.2. The van der Waals surface area contributed by atoms with Gasteiger partial charge in [0, 0.05) is 12.6 Å². The van der Waals surface area contributed by atoms with Crippen LogP contribution in [0.15, 0.2) is 0 Å². The van der Waals surface area contributed by atoms with Gasteiger partial charge in [-0.3, -0.25) is 4.79 Å². The fourth-order valence-corrected chi connectivity index (χ4v) is 3.14. The van der Waals surface area contributed by atoms with Gasteiger partial charge in [0.25, 0.3) is 0 Å². The molecule has 0 spiro atoms. The molecule has 0 aromatic rings. The van der Waals surface area contributed by atoms with E-state index < -0.39 is 5.60 Å². The molecule has 2 atom stereocenters. The first-order chi connectivity index (χ1) is 9.54. The Morgan fingerprint density at radius 2 is 2.05 bits per heavy atom. The quantitative estimate of drug-likeness (QED) is 0.694. The molecule has 1 amide bonds. The van der Waals surface area contributed by atoms with Gasteiger partial charge < -0.3 is 20.5 Å². The Hall–Kier alpha value is -0.650. The average Bonchev–Trinajstić information content (AvgIpc) is 2.89. The third-order valence-electron chi connectivity index (χ3n) is 4.68. The predicted molar refractivity (Wildman–Crippen MR) is 77.4 cm³/mol. The minimum Gasteiger partial charge on any atom is -0.388 e. The first kappa shape index (κ1) is 15.7. The zero-order valence-electron chi connectivity index (χ0n) is 12.7. The number of carbonyl (C=O) groups is 1. The summed E-state index contributed by atoms with van der Waals surface area (Å²) in [5, 5.41) is 16.7. The van der Waals surface area contributed by atoms with Gasteiger partial charge >= 0.3 is 0 Å². The van der Waals surface area contributed by atoms with Gasteiger partial charge in [-0.2, -0.15) is 0 Å². The molecule has 1 saturated heterocycles. The molecule has 0 radical (unpaired) electrons. The summed E-state index contributed by atoms with van der Waals surface area (Å²) in [4.78, 5) is 12.2. The van der Waals surface area contributed by atoms with E-state index in [0.29, 0.717) is 25.7 Å². The molecule has 0 aromatic carbocycles. The molecule has 2 fully saturated rings. The summed E-state index contributed by atoms with van der Waals surface area (Å²) in [6.45, 7) is 6.51. The number of amides is 1. The number of carbonyl (C=O) groups excluding carboxylic acids is 1. The van der Waals surface area contributed by atoms with Crippen LogP contribution >= 0.6 is 0 Å². The Bertz CT molecular complexity index is 327. The van der Waals surface area contributed by atoms with Gasteiger partial charge in [0.1, 0.15) is 0 Å². The minimum absolute atomic E-state index is 0.000460. The Labute approximate surface area is 121 Å². The number of ether oxygens (including phenoxy) is 1. The van der Waals surface area contributed by atoms with E-state index >= 15 is 0 Å². The zero-order chi connectivity index (χ0) is 14.6. The number of likely N-dealkylation sites (N-methyl/N-ethyl adjacent to an activating group) is 1. The van der Waals surface area contributed by atoms with Crippen molar-refractivity contribution in [3.05, 3.63) is 0 Å². The Morgan fingerprint density at radius 3 is 2.70 bits per heavy atom. The van der Waals surface area contributed by atoms with Crippen molar-refractivity contribution < 1.29 is 14.6 Å². The van der Waals surface area contributed by atoms with Crippen molar-refractivity contribution in [2.45, 2.75) is 51.2 Å². The van der Waals surface area contributed by atoms with E-state index in [1.807, 2.05) is 6.92 Å². The third-order valence-corrected chi connectivity index (χ3v) is 4.68. The number of aliphatic hydroxyl groups is 1. The molecule has 1 aliphatic carbocycles. The highest BCUT2D eigenvalue weighted by Gasteiger charge is 2.36. The van der Waals surface area contributed by atoms with Crippen LogP contribution in [0.4, 0.5) is 0 Å². The minimum atomic E-state index is -0.713. The second-order valence-corrected chi connectivity index (χ2v) is 6.43. The normalized spacial score (nSPS) is 37.9. The van der Waals surface area contributed by atoms with E-state index in [0.717, 1.165) is 32.2 Å². The smallest absolute Gasteiger partial charge is 0.227 e. The molecule has 1 heterocycles. The molecule has 2 rings (SSSR count). The van der Waals surface area contributed by atoms with Crippen molar-refractivity contribution in [1.82, 2.24) is 10.6 Å².